The standard InChI is InChI=1S/C22H23N3O3/c1-4-28-18-8-6-17(7-9-18)24-21-14-16(11-12-23-21)22(26)25-19-13-15(2)5-10-20(19)27-3/h5-14H,4H2,1-3H3,(H,23,24)(H,25,26). The van der Waals surface area contributed by atoms with Gasteiger partial charge in [-0.25, -0.2) is 4.98 Å². The molecule has 0 spiro atoms. The van der Waals surface area contributed by atoms with E-state index in [4.69, 9.17) is 9.47 Å². The fourth-order valence-corrected chi connectivity index (χ4v) is 2.70. The Morgan fingerprint density at radius 3 is 2.57 bits per heavy atom. The van der Waals surface area contributed by atoms with E-state index in [9.17, 15) is 4.79 Å². The van der Waals surface area contributed by atoms with Crippen LogP contribution in [0.3, 0.4) is 0 Å². The minimum atomic E-state index is -0.235. The number of benzene rings is 2. The average Bonchev–Trinajstić information content (AvgIpc) is 2.70. The van der Waals surface area contributed by atoms with Crippen LogP contribution in [0.1, 0.15) is 22.8 Å². The molecule has 0 radical (unpaired) electrons. The number of aryl methyl sites for hydroxylation is 1. The molecule has 0 saturated heterocycles. The number of pyridine rings is 1. The zero-order valence-corrected chi connectivity index (χ0v) is 16.2. The second-order valence-corrected chi connectivity index (χ2v) is 6.17. The predicted octanol–water partition coefficient (Wildman–Crippen LogP) is 4.79. The van der Waals surface area contributed by atoms with E-state index in [1.807, 2.05) is 56.3 Å². The number of carbonyl (C=O) groups excluding carboxylic acids is 1. The number of nitrogens with zero attached hydrogens (tertiary/aromatic N) is 1. The van der Waals surface area contributed by atoms with Crippen molar-refractivity contribution in [2.24, 2.45) is 0 Å². The number of hydrogen-bond acceptors (Lipinski definition) is 5. The summed E-state index contributed by atoms with van der Waals surface area (Å²) in [6.45, 7) is 4.52. The number of aromatic nitrogens is 1. The van der Waals surface area contributed by atoms with Crippen LogP contribution in [0.2, 0.25) is 0 Å². The molecule has 2 aromatic carbocycles. The molecule has 1 heterocycles. The third-order valence-corrected chi connectivity index (χ3v) is 4.06. The molecule has 0 unspecified atom stereocenters. The van der Waals surface area contributed by atoms with Gasteiger partial charge in [-0.1, -0.05) is 6.07 Å². The molecule has 0 bridgehead atoms. The van der Waals surface area contributed by atoms with Gasteiger partial charge in [0.25, 0.3) is 5.91 Å². The number of rotatable bonds is 7. The normalized spacial score (nSPS) is 10.2. The molecule has 6 heteroatoms. The van der Waals surface area contributed by atoms with Gasteiger partial charge in [-0.3, -0.25) is 4.79 Å². The molecule has 0 aliphatic rings. The van der Waals surface area contributed by atoms with E-state index in [2.05, 4.69) is 15.6 Å². The summed E-state index contributed by atoms with van der Waals surface area (Å²) in [6.07, 6.45) is 1.60. The first-order valence-electron chi connectivity index (χ1n) is 9.01. The zero-order valence-electron chi connectivity index (χ0n) is 16.2. The molecule has 2 N–H and O–H groups in total. The van der Waals surface area contributed by atoms with Crippen LogP contribution in [0, 0.1) is 6.92 Å². The highest BCUT2D eigenvalue weighted by atomic mass is 16.5. The summed E-state index contributed by atoms with van der Waals surface area (Å²) in [4.78, 5) is 17.0. The fraction of sp³-hybridized carbons (Fsp3) is 0.182. The first-order valence-corrected chi connectivity index (χ1v) is 9.01. The van der Waals surface area contributed by atoms with Crippen LogP contribution in [0.5, 0.6) is 11.5 Å². The van der Waals surface area contributed by atoms with Gasteiger partial charge in [0.2, 0.25) is 0 Å². The SMILES string of the molecule is CCOc1ccc(Nc2cc(C(=O)Nc3cc(C)ccc3OC)ccn2)cc1. The predicted molar refractivity (Wildman–Crippen MR) is 111 cm³/mol. The highest BCUT2D eigenvalue weighted by Gasteiger charge is 2.11. The Balaban J connectivity index is 1.73. The first-order chi connectivity index (χ1) is 13.6. The number of amides is 1. The summed E-state index contributed by atoms with van der Waals surface area (Å²) < 4.78 is 10.8. The van der Waals surface area contributed by atoms with E-state index in [1.54, 1.807) is 25.4 Å². The fourth-order valence-electron chi connectivity index (χ4n) is 2.70. The molecule has 3 rings (SSSR count). The number of ether oxygens (including phenoxy) is 2. The Labute approximate surface area is 164 Å². The van der Waals surface area contributed by atoms with Gasteiger partial charge in [0.05, 0.1) is 19.4 Å². The third kappa shape index (κ3) is 4.79. The Morgan fingerprint density at radius 2 is 1.86 bits per heavy atom. The summed E-state index contributed by atoms with van der Waals surface area (Å²) in [7, 11) is 1.58. The second kappa shape index (κ2) is 8.90. The monoisotopic (exact) mass is 377 g/mol. The summed E-state index contributed by atoms with van der Waals surface area (Å²) in [5.74, 6) is 1.76. The average molecular weight is 377 g/mol. The minimum Gasteiger partial charge on any atom is -0.495 e. The maximum atomic E-state index is 12.7. The molecule has 1 amide bonds. The van der Waals surface area contributed by atoms with Gasteiger partial charge in [-0.2, -0.15) is 0 Å². The van der Waals surface area contributed by atoms with Crippen LogP contribution in [0.4, 0.5) is 17.2 Å². The summed E-state index contributed by atoms with van der Waals surface area (Å²) in [5, 5.41) is 6.09. The van der Waals surface area contributed by atoms with E-state index < -0.39 is 0 Å². The van der Waals surface area contributed by atoms with Crippen molar-refractivity contribution in [1.29, 1.82) is 0 Å². The molecule has 0 fully saturated rings. The van der Waals surface area contributed by atoms with Crippen molar-refractivity contribution in [1.82, 2.24) is 4.98 Å². The van der Waals surface area contributed by atoms with Gasteiger partial charge in [0.15, 0.2) is 0 Å². The van der Waals surface area contributed by atoms with Gasteiger partial charge >= 0.3 is 0 Å². The maximum Gasteiger partial charge on any atom is 0.255 e. The molecule has 28 heavy (non-hydrogen) atoms. The summed E-state index contributed by atoms with van der Waals surface area (Å²) in [5.41, 5.74) is 3.01. The lowest BCUT2D eigenvalue weighted by molar-refractivity contribution is 0.102. The highest BCUT2D eigenvalue weighted by Crippen LogP contribution is 2.26. The van der Waals surface area contributed by atoms with Crippen molar-refractivity contribution in [3.8, 4) is 11.5 Å². The number of anilines is 3. The molecule has 0 saturated carbocycles. The first kappa shape index (κ1) is 19.2. The lowest BCUT2D eigenvalue weighted by Gasteiger charge is -2.12. The quantitative estimate of drug-likeness (QED) is 0.619. The molecule has 3 aromatic rings. The number of carbonyl (C=O) groups is 1. The Hall–Kier alpha value is -3.54. The smallest absolute Gasteiger partial charge is 0.255 e. The Bertz CT molecular complexity index is 955. The Morgan fingerprint density at radius 1 is 1.07 bits per heavy atom. The lowest BCUT2D eigenvalue weighted by atomic mass is 10.2. The minimum absolute atomic E-state index is 0.235. The molecule has 0 atom stereocenters. The Kier molecular flexibility index (Phi) is 6.11. The van der Waals surface area contributed by atoms with Crippen LogP contribution in [-0.4, -0.2) is 24.6 Å². The molecule has 6 nitrogen and oxygen atoms in total. The van der Waals surface area contributed by atoms with Gasteiger partial charge < -0.3 is 20.1 Å². The summed E-state index contributed by atoms with van der Waals surface area (Å²) >= 11 is 0. The van der Waals surface area contributed by atoms with Crippen molar-refractivity contribution in [3.05, 3.63) is 71.9 Å². The van der Waals surface area contributed by atoms with Gasteiger partial charge in [0, 0.05) is 17.4 Å². The molecular weight excluding hydrogens is 354 g/mol. The van der Waals surface area contributed by atoms with E-state index in [0.29, 0.717) is 29.4 Å². The topological polar surface area (TPSA) is 72.5 Å². The van der Waals surface area contributed by atoms with Crippen molar-refractivity contribution >= 4 is 23.1 Å². The van der Waals surface area contributed by atoms with Crippen LogP contribution in [0.15, 0.2) is 60.8 Å². The van der Waals surface area contributed by atoms with Crippen molar-refractivity contribution < 1.29 is 14.3 Å². The van der Waals surface area contributed by atoms with Crippen molar-refractivity contribution in [2.75, 3.05) is 24.4 Å². The second-order valence-electron chi connectivity index (χ2n) is 6.17. The van der Waals surface area contributed by atoms with Gasteiger partial charge in [-0.05, 0) is 67.9 Å². The van der Waals surface area contributed by atoms with Crippen molar-refractivity contribution in [2.45, 2.75) is 13.8 Å². The largest absolute Gasteiger partial charge is 0.495 e. The molecular formula is C22H23N3O3. The van der Waals surface area contributed by atoms with Crippen LogP contribution in [0.25, 0.3) is 0 Å². The van der Waals surface area contributed by atoms with E-state index >= 15 is 0 Å². The number of hydrogen-bond donors (Lipinski definition) is 2. The molecule has 144 valence electrons. The van der Waals surface area contributed by atoms with E-state index in [-0.39, 0.29) is 5.91 Å². The molecule has 0 aliphatic heterocycles. The zero-order chi connectivity index (χ0) is 19.9. The lowest BCUT2D eigenvalue weighted by Crippen LogP contribution is -2.13. The molecule has 0 aliphatic carbocycles. The molecule has 1 aromatic heterocycles. The van der Waals surface area contributed by atoms with Crippen LogP contribution < -0.4 is 20.1 Å². The number of methoxy groups -OCH3 is 1. The van der Waals surface area contributed by atoms with Crippen LogP contribution >= 0.6 is 0 Å². The highest BCUT2D eigenvalue weighted by molar-refractivity contribution is 6.05. The number of nitrogens with one attached hydrogen (secondary N) is 2. The van der Waals surface area contributed by atoms with E-state index in [0.717, 1.165) is 17.0 Å². The van der Waals surface area contributed by atoms with Crippen LogP contribution in [-0.2, 0) is 0 Å². The summed E-state index contributed by atoms with van der Waals surface area (Å²) in [6, 6.07) is 16.6. The van der Waals surface area contributed by atoms with Gasteiger partial charge in [0.1, 0.15) is 17.3 Å². The third-order valence-electron chi connectivity index (χ3n) is 4.06. The van der Waals surface area contributed by atoms with Crippen molar-refractivity contribution in [3.63, 3.8) is 0 Å². The maximum absolute atomic E-state index is 12.7. The van der Waals surface area contributed by atoms with Gasteiger partial charge in [-0.15, -0.1) is 0 Å². The van der Waals surface area contributed by atoms with E-state index in [1.165, 1.54) is 0 Å².